The molecule has 1 amide bonds. The van der Waals surface area contributed by atoms with Crippen molar-refractivity contribution in [2.75, 3.05) is 40.0 Å². The van der Waals surface area contributed by atoms with E-state index in [0.29, 0.717) is 29.6 Å². The fraction of sp³-hybridized carbons (Fsp3) is 0.667. The molecule has 1 aromatic carbocycles. The van der Waals surface area contributed by atoms with Crippen LogP contribution in [0.25, 0.3) is 11.0 Å². The molecule has 1 spiro atoms. The number of hydrogen-bond donors (Lipinski definition) is 6. The molecule has 3 fully saturated rings. The number of benzene rings is 1. The normalized spacial score (nSPS) is 28.4. The van der Waals surface area contributed by atoms with Gasteiger partial charge in [0.25, 0.3) is 0 Å². The number of aliphatic hydroxyl groups excluding tert-OH is 4. The Hall–Kier alpha value is -2.94. The molecule has 0 radical (unpaired) electrons. The Morgan fingerprint density at radius 2 is 1.93 bits per heavy atom. The largest absolute Gasteiger partial charge is 0.485 e. The van der Waals surface area contributed by atoms with Crippen LogP contribution < -0.4 is 20.1 Å². The molecule has 2 saturated heterocycles. The van der Waals surface area contributed by atoms with Crippen molar-refractivity contribution in [2.24, 2.45) is 5.41 Å². The molecule has 3 aliphatic rings. The highest BCUT2D eigenvalue weighted by Gasteiger charge is 2.53. The first-order chi connectivity index (χ1) is 20.7. The van der Waals surface area contributed by atoms with Gasteiger partial charge in [-0.25, -0.2) is 0 Å². The summed E-state index contributed by atoms with van der Waals surface area (Å²) in [7, 11) is 1.77. The molecule has 1 aliphatic carbocycles. The van der Waals surface area contributed by atoms with Crippen LogP contribution in [0.4, 0.5) is 0 Å². The highest BCUT2D eigenvalue weighted by molar-refractivity contribution is 5.93. The monoisotopic (exact) mass is 606 g/mol. The van der Waals surface area contributed by atoms with Crippen LogP contribution in [0.5, 0.6) is 11.5 Å². The number of aryl methyl sites for hydroxylation is 1. The fourth-order valence-electron chi connectivity index (χ4n) is 6.63. The summed E-state index contributed by atoms with van der Waals surface area (Å²) in [5, 5.41) is 47.9. The van der Waals surface area contributed by atoms with Crippen molar-refractivity contribution in [2.45, 2.75) is 82.1 Å². The van der Waals surface area contributed by atoms with Crippen molar-refractivity contribution in [1.82, 2.24) is 10.6 Å². The first kappa shape index (κ1) is 31.5. The van der Waals surface area contributed by atoms with Gasteiger partial charge < -0.3 is 54.4 Å². The van der Waals surface area contributed by atoms with Crippen LogP contribution in [0.3, 0.4) is 0 Å². The number of amides is 1. The maximum Gasteiger partial charge on any atom is 0.306 e. The smallest absolute Gasteiger partial charge is 0.306 e. The van der Waals surface area contributed by atoms with E-state index in [1.165, 1.54) is 0 Å². The second-order valence-electron chi connectivity index (χ2n) is 11.5. The summed E-state index contributed by atoms with van der Waals surface area (Å²) < 4.78 is 29.3. The first-order valence-corrected chi connectivity index (χ1v) is 15.0. The van der Waals surface area contributed by atoms with Crippen LogP contribution in [0.2, 0.25) is 0 Å². The number of fused-ring (bicyclic) bond motifs is 1. The number of aliphatic hydroxyl groups is 4. The lowest BCUT2D eigenvalue weighted by Gasteiger charge is -2.39. The molecule has 6 atom stereocenters. The van der Waals surface area contributed by atoms with Gasteiger partial charge in [0.15, 0.2) is 11.3 Å². The fourth-order valence-corrected chi connectivity index (χ4v) is 6.63. The number of ether oxygens (including phenoxy) is 4. The summed E-state index contributed by atoms with van der Waals surface area (Å²) in [5.74, 6) is -0.159. The minimum atomic E-state index is -1.67. The standard InChI is InChI=1S/C30H42N2O11/c1-3-39-21(34)7-6-16-12-17-18(19-13-32-29(38)30(19)8-4-5-9-30)15-41-26(17)27(40-11-10-31-2)25(16)43-28-24(37)23(36)22(35)20(14-33)42-28/h12,15,19-20,22-24,28,31,33,35-37H,3-11,13-14H2,1-2H3,(H,32,38). The van der Waals surface area contributed by atoms with Gasteiger partial charge in [0, 0.05) is 36.4 Å². The zero-order valence-electron chi connectivity index (χ0n) is 24.5. The minimum Gasteiger partial charge on any atom is -0.485 e. The van der Waals surface area contributed by atoms with Crippen molar-refractivity contribution in [3.63, 3.8) is 0 Å². The summed E-state index contributed by atoms with van der Waals surface area (Å²) >= 11 is 0. The second-order valence-corrected chi connectivity index (χ2v) is 11.5. The summed E-state index contributed by atoms with van der Waals surface area (Å²) in [6, 6.07) is 1.84. The second kappa shape index (κ2) is 13.4. The Morgan fingerprint density at radius 1 is 1.16 bits per heavy atom. The molecular weight excluding hydrogens is 564 g/mol. The minimum absolute atomic E-state index is 0.0148. The van der Waals surface area contributed by atoms with Crippen molar-refractivity contribution in [1.29, 1.82) is 0 Å². The summed E-state index contributed by atoms with van der Waals surface area (Å²) in [6.07, 6.45) is -2.21. The molecule has 5 rings (SSSR count). The average Bonchev–Trinajstić information content (AvgIpc) is 3.73. The van der Waals surface area contributed by atoms with E-state index in [-0.39, 0.29) is 49.4 Å². The lowest BCUT2D eigenvalue weighted by atomic mass is 9.72. The van der Waals surface area contributed by atoms with Crippen LogP contribution in [0.1, 0.15) is 56.1 Å². The van der Waals surface area contributed by atoms with E-state index >= 15 is 0 Å². The number of furan rings is 1. The van der Waals surface area contributed by atoms with E-state index in [1.54, 1.807) is 20.2 Å². The highest BCUT2D eigenvalue weighted by atomic mass is 16.7. The zero-order chi connectivity index (χ0) is 30.7. The third-order valence-corrected chi connectivity index (χ3v) is 8.92. The molecule has 3 heterocycles. The highest BCUT2D eigenvalue weighted by Crippen LogP contribution is 2.54. The molecule has 238 valence electrons. The molecule has 2 aromatic rings. The number of likely N-dealkylation sites (N-methyl/N-ethyl adjacent to an activating group) is 1. The number of carbonyl (C=O) groups excluding carboxylic acids is 2. The van der Waals surface area contributed by atoms with E-state index in [1.807, 2.05) is 6.07 Å². The van der Waals surface area contributed by atoms with Gasteiger partial charge in [0.05, 0.1) is 24.9 Å². The predicted octanol–water partition coefficient (Wildman–Crippen LogP) is 0.479. The van der Waals surface area contributed by atoms with Gasteiger partial charge in [-0.2, -0.15) is 0 Å². The number of hydrogen-bond acceptors (Lipinski definition) is 12. The van der Waals surface area contributed by atoms with Crippen LogP contribution in [-0.2, 0) is 25.5 Å². The van der Waals surface area contributed by atoms with Crippen LogP contribution in [0.15, 0.2) is 16.7 Å². The van der Waals surface area contributed by atoms with E-state index in [0.717, 1.165) is 31.2 Å². The van der Waals surface area contributed by atoms with Crippen molar-refractivity contribution >= 4 is 22.8 Å². The van der Waals surface area contributed by atoms with Gasteiger partial charge in [0.2, 0.25) is 17.9 Å². The molecule has 1 aromatic heterocycles. The average molecular weight is 607 g/mol. The Bertz CT molecular complexity index is 1290. The quantitative estimate of drug-likeness (QED) is 0.145. The lowest BCUT2D eigenvalue weighted by molar-refractivity contribution is -0.277. The van der Waals surface area contributed by atoms with E-state index in [4.69, 9.17) is 23.4 Å². The van der Waals surface area contributed by atoms with Crippen LogP contribution in [-0.4, -0.2) is 103 Å². The molecule has 43 heavy (non-hydrogen) atoms. The third kappa shape index (κ3) is 5.94. The van der Waals surface area contributed by atoms with Gasteiger partial charge in [-0.15, -0.1) is 0 Å². The van der Waals surface area contributed by atoms with Gasteiger partial charge in [-0.05, 0) is 44.9 Å². The van der Waals surface area contributed by atoms with Crippen LogP contribution >= 0.6 is 0 Å². The van der Waals surface area contributed by atoms with Gasteiger partial charge in [-0.1, -0.05) is 12.8 Å². The summed E-state index contributed by atoms with van der Waals surface area (Å²) in [4.78, 5) is 25.5. The van der Waals surface area contributed by atoms with Crippen molar-refractivity contribution in [3.05, 3.63) is 23.5 Å². The number of rotatable bonds is 12. The molecule has 1 saturated carbocycles. The maximum absolute atomic E-state index is 13.1. The molecular formula is C30H42N2O11. The van der Waals surface area contributed by atoms with E-state index < -0.39 is 48.7 Å². The molecule has 6 unspecified atom stereocenters. The number of carbonyl (C=O) groups is 2. The van der Waals surface area contributed by atoms with E-state index in [9.17, 15) is 30.0 Å². The molecule has 13 heteroatoms. The van der Waals surface area contributed by atoms with Gasteiger partial charge >= 0.3 is 5.97 Å². The lowest BCUT2D eigenvalue weighted by Crippen LogP contribution is -2.60. The van der Waals surface area contributed by atoms with E-state index in [2.05, 4.69) is 10.6 Å². The number of esters is 1. The van der Waals surface area contributed by atoms with Crippen molar-refractivity contribution in [3.8, 4) is 11.5 Å². The maximum atomic E-state index is 13.1. The molecule has 6 N–H and O–H groups in total. The predicted molar refractivity (Wildman–Crippen MR) is 152 cm³/mol. The summed E-state index contributed by atoms with van der Waals surface area (Å²) in [6.45, 7) is 2.49. The zero-order valence-corrected chi connectivity index (χ0v) is 24.5. The number of nitrogens with one attached hydrogen (secondary N) is 2. The van der Waals surface area contributed by atoms with Gasteiger partial charge in [-0.3, -0.25) is 9.59 Å². The Labute approximate surface area is 249 Å². The Kier molecular flexibility index (Phi) is 9.79. The topological polar surface area (TPSA) is 189 Å². The molecule has 2 aliphatic heterocycles. The first-order valence-electron chi connectivity index (χ1n) is 15.0. The summed E-state index contributed by atoms with van der Waals surface area (Å²) in [5.41, 5.74) is 1.22. The SMILES string of the molecule is CCOC(=O)CCc1cc2c(C3CNC(=O)C34CCCC4)coc2c(OCCNC)c1OC1OC(CO)C(O)C(O)C1O. The Balaban J connectivity index is 1.61. The van der Waals surface area contributed by atoms with Crippen LogP contribution in [0, 0.1) is 5.41 Å². The molecule has 0 bridgehead atoms. The third-order valence-electron chi connectivity index (χ3n) is 8.92. The molecule has 13 nitrogen and oxygen atoms in total. The Morgan fingerprint density at radius 3 is 2.63 bits per heavy atom. The van der Waals surface area contributed by atoms with Gasteiger partial charge in [0.1, 0.15) is 31.0 Å². The van der Waals surface area contributed by atoms with Crippen molar-refractivity contribution < 1.29 is 53.4 Å².